The van der Waals surface area contributed by atoms with Crippen molar-refractivity contribution in [2.24, 2.45) is 0 Å². The van der Waals surface area contributed by atoms with Crippen LogP contribution in [0, 0.1) is 6.92 Å². The molecule has 3 aromatic rings. The number of esters is 1. The standard InChI is InChI=1S/C20H22N2O3S/c1-4-6-16-14(5-2)9-17(26-16)20(24)25-12-15-10-19(23)22-11-13(3)7-8-18(22)21-15/h7-11H,4-6,12H2,1-3H3. The number of hydrogen-bond donors (Lipinski definition) is 0. The zero-order valence-electron chi connectivity index (χ0n) is 15.2. The summed E-state index contributed by atoms with van der Waals surface area (Å²) in [4.78, 5) is 30.8. The second-order valence-corrected chi connectivity index (χ2v) is 7.40. The number of aryl methyl sites for hydroxylation is 3. The van der Waals surface area contributed by atoms with Gasteiger partial charge in [-0.15, -0.1) is 11.3 Å². The maximum Gasteiger partial charge on any atom is 0.348 e. The number of hydrogen-bond acceptors (Lipinski definition) is 5. The molecule has 0 aliphatic rings. The van der Waals surface area contributed by atoms with Crippen LogP contribution in [0.3, 0.4) is 0 Å². The molecule has 0 saturated heterocycles. The Balaban J connectivity index is 1.76. The van der Waals surface area contributed by atoms with Gasteiger partial charge in [0.25, 0.3) is 5.56 Å². The lowest BCUT2D eigenvalue weighted by molar-refractivity contribution is 0.0473. The van der Waals surface area contributed by atoms with Gasteiger partial charge < -0.3 is 4.74 Å². The highest BCUT2D eigenvalue weighted by atomic mass is 32.1. The first kappa shape index (κ1) is 18.3. The van der Waals surface area contributed by atoms with E-state index in [0.717, 1.165) is 24.8 Å². The summed E-state index contributed by atoms with van der Waals surface area (Å²) in [5, 5.41) is 0. The Hall–Kier alpha value is -2.47. The summed E-state index contributed by atoms with van der Waals surface area (Å²) in [5.41, 5.74) is 3.01. The Bertz CT molecular complexity index is 1000. The van der Waals surface area contributed by atoms with E-state index in [0.29, 0.717) is 16.2 Å². The molecule has 136 valence electrons. The number of carbonyl (C=O) groups excluding carboxylic acids is 1. The van der Waals surface area contributed by atoms with Gasteiger partial charge in [0.2, 0.25) is 0 Å². The van der Waals surface area contributed by atoms with E-state index in [-0.39, 0.29) is 18.1 Å². The Morgan fingerprint density at radius 2 is 2.08 bits per heavy atom. The predicted octanol–water partition coefficient (Wildman–Crippen LogP) is 3.94. The molecule has 0 aliphatic heterocycles. The van der Waals surface area contributed by atoms with Crippen molar-refractivity contribution >= 4 is 23.0 Å². The zero-order chi connectivity index (χ0) is 18.7. The summed E-state index contributed by atoms with van der Waals surface area (Å²) < 4.78 is 6.88. The lowest BCUT2D eigenvalue weighted by atomic mass is 10.1. The molecular weight excluding hydrogens is 348 g/mol. The first-order valence-electron chi connectivity index (χ1n) is 8.79. The topological polar surface area (TPSA) is 60.7 Å². The van der Waals surface area contributed by atoms with Crippen LogP contribution in [0.1, 0.15) is 51.6 Å². The molecule has 3 heterocycles. The molecule has 0 unspecified atom stereocenters. The van der Waals surface area contributed by atoms with Crippen LogP contribution in [0.4, 0.5) is 0 Å². The van der Waals surface area contributed by atoms with Gasteiger partial charge in [-0.3, -0.25) is 9.20 Å². The molecule has 0 N–H and O–H groups in total. The molecule has 3 aromatic heterocycles. The van der Waals surface area contributed by atoms with E-state index in [1.54, 1.807) is 12.3 Å². The summed E-state index contributed by atoms with van der Waals surface area (Å²) in [6, 6.07) is 7.01. The number of aromatic nitrogens is 2. The maximum atomic E-state index is 12.4. The number of fused-ring (bicyclic) bond motifs is 1. The van der Waals surface area contributed by atoms with Crippen LogP contribution in [0.5, 0.6) is 0 Å². The lowest BCUT2D eigenvalue weighted by Crippen LogP contribution is -2.16. The minimum absolute atomic E-state index is 0.0130. The molecule has 26 heavy (non-hydrogen) atoms. The van der Waals surface area contributed by atoms with Crippen LogP contribution in [0.2, 0.25) is 0 Å². The van der Waals surface area contributed by atoms with E-state index < -0.39 is 0 Å². The van der Waals surface area contributed by atoms with E-state index >= 15 is 0 Å². The third-order valence-electron chi connectivity index (χ3n) is 4.17. The van der Waals surface area contributed by atoms with E-state index in [1.165, 1.54) is 32.2 Å². The highest BCUT2D eigenvalue weighted by molar-refractivity contribution is 7.14. The van der Waals surface area contributed by atoms with Gasteiger partial charge >= 0.3 is 5.97 Å². The van der Waals surface area contributed by atoms with Crippen molar-refractivity contribution in [3.63, 3.8) is 0 Å². The minimum Gasteiger partial charge on any atom is -0.455 e. The van der Waals surface area contributed by atoms with Crippen molar-refractivity contribution in [1.29, 1.82) is 0 Å². The minimum atomic E-state index is -0.363. The summed E-state index contributed by atoms with van der Waals surface area (Å²) in [5.74, 6) is -0.363. The molecule has 3 rings (SSSR count). The molecule has 0 radical (unpaired) electrons. The largest absolute Gasteiger partial charge is 0.455 e. The Kier molecular flexibility index (Phi) is 5.52. The molecule has 0 spiro atoms. The van der Waals surface area contributed by atoms with Crippen LogP contribution < -0.4 is 5.56 Å². The number of nitrogens with zero attached hydrogens (tertiary/aromatic N) is 2. The van der Waals surface area contributed by atoms with Crippen LogP contribution in [-0.2, 0) is 24.2 Å². The number of carbonyl (C=O) groups is 1. The second kappa shape index (κ2) is 7.83. The van der Waals surface area contributed by atoms with Crippen molar-refractivity contribution in [3.05, 3.63) is 67.4 Å². The lowest BCUT2D eigenvalue weighted by Gasteiger charge is -2.06. The van der Waals surface area contributed by atoms with Crippen LogP contribution >= 0.6 is 11.3 Å². The molecule has 0 aliphatic carbocycles. The molecule has 5 nitrogen and oxygen atoms in total. The number of rotatable bonds is 6. The van der Waals surface area contributed by atoms with Gasteiger partial charge in [0, 0.05) is 17.1 Å². The van der Waals surface area contributed by atoms with Crippen molar-refractivity contribution in [2.45, 2.75) is 46.6 Å². The SMILES string of the molecule is CCCc1sc(C(=O)OCc2cc(=O)n3cc(C)ccc3n2)cc1CC. The summed E-state index contributed by atoms with van der Waals surface area (Å²) in [7, 11) is 0. The summed E-state index contributed by atoms with van der Waals surface area (Å²) in [6.45, 7) is 6.12. The first-order valence-corrected chi connectivity index (χ1v) is 9.61. The highest BCUT2D eigenvalue weighted by Gasteiger charge is 2.15. The Labute approximate surface area is 156 Å². The van der Waals surface area contributed by atoms with E-state index in [1.807, 2.05) is 19.1 Å². The van der Waals surface area contributed by atoms with Crippen molar-refractivity contribution < 1.29 is 9.53 Å². The van der Waals surface area contributed by atoms with Crippen LogP contribution in [0.15, 0.2) is 35.3 Å². The number of thiophene rings is 1. The van der Waals surface area contributed by atoms with Gasteiger partial charge in [-0.1, -0.05) is 26.3 Å². The van der Waals surface area contributed by atoms with Crippen molar-refractivity contribution in [2.75, 3.05) is 0 Å². The van der Waals surface area contributed by atoms with E-state index in [4.69, 9.17) is 4.74 Å². The molecule has 0 saturated carbocycles. The second-order valence-electron chi connectivity index (χ2n) is 6.26. The van der Waals surface area contributed by atoms with Gasteiger partial charge in [0.15, 0.2) is 0 Å². The van der Waals surface area contributed by atoms with Crippen molar-refractivity contribution in [1.82, 2.24) is 9.38 Å². The highest BCUT2D eigenvalue weighted by Crippen LogP contribution is 2.25. The number of pyridine rings is 1. The fourth-order valence-electron chi connectivity index (χ4n) is 2.85. The van der Waals surface area contributed by atoms with Gasteiger partial charge in [-0.05, 0) is 43.0 Å². The monoisotopic (exact) mass is 370 g/mol. The summed E-state index contributed by atoms with van der Waals surface area (Å²) >= 11 is 1.50. The van der Waals surface area contributed by atoms with Crippen LogP contribution in [0.25, 0.3) is 5.65 Å². The first-order chi connectivity index (χ1) is 12.5. The van der Waals surface area contributed by atoms with Gasteiger partial charge in [0.1, 0.15) is 17.1 Å². The van der Waals surface area contributed by atoms with Crippen LogP contribution in [-0.4, -0.2) is 15.4 Å². The third-order valence-corrected chi connectivity index (χ3v) is 5.38. The molecular formula is C20H22N2O3S. The van der Waals surface area contributed by atoms with Gasteiger partial charge in [0.05, 0.1) is 5.69 Å². The molecule has 0 fully saturated rings. The fourth-order valence-corrected chi connectivity index (χ4v) is 4.10. The van der Waals surface area contributed by atoms with Gasteiger partial charge in [-0.2, -0.15) is 0 Å². The maximum absolute atomic E-state index is 12.4. The molecule has 0 bridgehead atoms. The van der Waals surface area contributed by atoms with E-state index in [2.05, 4.69) is 18.8 Å². The summed E-state index contributed by atoms with van der Waals surface area (Å²) in [6.07, 6.45) is 4.67. The van der Waals surface area contributed by atoms with Crippen molar-refractivity contribution in [3.8, 4) is 0 Å². The van der Waals surface area contributed by atoms with E-state index in [9.17, 15) is 9.59 Å². The smallest absolute Gasteiger partial charge is 0.348 e. The average molecular weight is 370 g/mol. The average Bonchev–Trinajstić information content (AvgIpc) is 3.04. The third kappa shape index (κ3) is 3.85. The number of ether oxygens (including phenoxy) is 1. The molecule has 0 atom stereocenters. The fraction of sp³-hybridized carbons (Fsp3) is 0.350. The van der Waals surface area contributed by atoms with Gasteiger partial charge in [-0.25, -0.2) is 9.78 Å². The Morgan fingerprint density at radius 3 is 2.81 bits per heavy atom. The normalized spacial score (nSPS) is 11.0. The molecule has 6 heteroatoms. The Morgan fingerprint density at radius 1 is 1.27 bits per heavy atom. The zero-order valence-corrected chi connectivity index (χ0v) is 16.1. The quantitative estimate of drug-likeness (QED) is 0.617. The predicted molar refractivity (Wildman–Crippen MR) is 103 cm³/mol. The molecule has 0 amide bonds. The molecule has 0 aromatic carbocycles.